The molecule has 1 aliphatic carbocycles. The molecule has 1 heterocycles. The molecule has 0 radical (unpaired) electrons. The van der Waals surface area contributed by atoms with Gasteiger partial charge in [-0.2, -0.15) is 0 Å². The topological polar surface area (TPSA) is 60.3 Å². The quantitative estimate of drug-likeness (QED) is 0.820. The summed E-state index contributed by atoms with van der Waals surface area (Å²) in [5.74, 6) is 0.248. The predicted octanol–water partition coefficient (Wildman–Crippen LogP) is 2.67. The van der Waals surface area contributed by atoms with E-state index < -0.39 is 0 Å². The Labute approximate surface area is 137 Å². The van der Waals surface area contributed by atoms with Crippen LogP contribution in [0.1, 0.15) is 27.7 Å². The molecule has 0 unspecified atom stereocenters. The van der Waals surface area contributed by atoms with Gasteiger partial charge >= 0.3 is 0 Å². The number of hydrogen-bond donors (Lipinski definition) is 1. The molecule has 1 aromatic heterocycles. The van der Waals surface area contributed by atoms with Crippen LogP contribution in [0.5, 0.6) is 0 Å². The zero-order valence-corrected chi connectivity index (χ0v) is 14.6. The lowest BCUT2D eigenvalue weighted by atomic mass is 10.1. The number of hydrogen-bond acceptors (Lipinski definition) is 3. The summed E-state index contributed by atoms with van der Waals surface area (Å²) in [6.45, 7) is 9.25. The first-order valence-electron chi connectivity index (χ1n) is 7.92. The smallest absolute Gasteiger partial charge is 0.250 e. The Balaban J connectivity index is 2.09. The van der Waals surface area contributed by atoms with E-state index in [2.05, 4.69) is 39.1 Å². The third kappa shape index (κ3) is 3.91. The minimum atomic E-state index is -0.103. The average Bonchev–Trinajstić information content (AvgIpc) is 2.99. The molecule has 1 saturated carbocycles. The summed E-state index contributed by atoms with van der Waals surface area (Å²) in [7, 11) is 1.59. The van der Waals surface area contributed by atoms with E-state index >= 15 is 0 Å². The molecule has 23 heavy (non-hydrogen) atoms. The normalized spacial score (nSPS) is 21.6. The van der Waals surface area contributed by atoms with E-state index in [-0.39, 0.29) is 28.7 Å². The van der Waals surface area contributed by atoms with Crippen molar-refractivity contribution in [2.75, 3.05) is 19.0 Å². The number of ether oxygens (including phenoxy) is 1. The molecule has 1 aliphatic rings. The number of nitrogens with zero attached hydrogens (tertiary/aromatic N) is 1. The van der Waals surface area contributed by atoms with Crippen molar-refractivity contribution in [3.8, 4) is 0 Å². The molecule has 5 nitrogen and oxygen atoms in total. The van der Waals surface area contributed by atoms with Gasteiger partial charge in [-0.25, -0.2) is 0 Å². The number of amides is 1. The molecule has 1 N–H and O–H groups in total. The van der Waals surface area contributed by atoms with Crippen LogP contribution in [-0.2, 0) is 16.1 Å². The lowest BCUT2D eigenvalue weighted by Gasteiger charge is -2.09. The maximum Gasteiger partial charge on any atom is 0.250 e. The fraction of sp³-hybridized carbons (Fsp3) is 0.556. The highest BCUT2D eigenvalue weighted by atomic mass is 16.5. The van der Waals surface area contributed by atoms with E-state index in [1.54, 1.807) is 23.9 Å². The standard InChI is InChI=1S/C18H26N2O3/c1-12(2)10-14-16(18(14,3)4)17(22)19-13-6-7-15(21)20(11-13)8-9-23-5/h6-7,10-11,14,16H,8-9H2,1-5H3,(H,19,22)/t14-,16+/m0/s1. The maximum atomic E-state index is 12.5. The molecule has 0 saturated heterocycles. The summed E-state index contributed by atoms with van der Waals surface area (Å²) in [5.41, 5.74) is 1.75. The summed E-state index contributed by atoms with van der Waals surface area (Å²) >= 11 is 0. The van der Waals surface area contributed by atoms with Crippen molar-refractivity contribution >= 4 is 11.6 Å². The van der Waals surface area contributed by atoms with E-state index in [1.807, 2.05) is 0 Å². The first kappa shape index (κ1) is 17.5. The van der Waals surface area contributed by atoms with Crippen molar-refractivity contribution in [3.63, 3.8) is 0 Å². The number of carbonyl (C=O) groups excluding carboxylic acids is 1. The van der Waals surface area contributed by atoms with Gasteiger partial charge in [0, 0.05) is 25.9 Å². The minimum absolute atomic E-state index is 0.00874. The number of carbonyl (C=O) groups is 1. The van der Waals surface area contributed by atoms with Crippen LogP contribution < -0.4 is 10.9 Å². The van der Waals surface area contributed by atoms with Crippen LogP contribution in [-0.4, -0.2) is 24.2 Å². The third-order valence-corrected chi connectivity index (χ3v) is 4.49. The van der Waals surface area contributed by atoms with Crippen LogP contribution in [0, 0.1) is 17.3 Å². The fourth-order valence-corrected chi connectivity index (χ4v) is 3.04. The fourth-order valence-electron chi connectivity index (χ4n) is 3.04. The second kappa shape index (κ2) is 6.71. The van der Waals surface area contributed by atoms with Gasteiger partial charge in [0.15, 0.2) is 0 Å². The molecule has 0 spiro atoms. The average molecular weight is 318 g/mol. The van der Waals surface area contributed by atoms with Crippen molar-refractivity contribution in [1.82, 2.24) is 4.57 Å². The van der Waals surface area contributed by atoms with Crippen LogP contribution in [0.3, 0.4) is 0 Å². The lowest BCUT2D eigenvalue weighted by Crippen LogP contribution is -2.23. The molecule has 0 aromatic carbocycles. The maximum absolute atomic E-state index is 12.5. The van der Waals surface area contributed by atoms with E-state index in [4.69, 9.17) is 4.74 Å². The van der Waals surface area contributed by atoms with E-state index in [0.717, 1.165) is 0 Å². The second-order valence-electron chi connectivity index (χ2n) is 7.00. The zero-order chi connectivity index (χ0) is 17.2. The number of anilines is 1. The Morgan fingerprint density at radius 1 is 1.39 bits per heavy atom. The van der Waals surface area contributed by atoms with Crippen LogP contribution in [0.25, 0.3) is 0 Å². The Bertz CT molecular complexity index is 669. The van der Waals surface area contributed by atoms with Gasteiger partial charge in [-0.15, -0.1) is 0 Å². The highest BCUT2D eigenvalue weighted by Gasteiger charge is 2.60. The number of rotatable bonds is 6. The molecule has 126 valence electrons. The minimum Gasteiger partial charge on any atom is -0.383 e. The van der Waals surface area contributed by atoms with Crippen molar-refractivity contribution in [1.29, 1.82) is 0 Å². The summed E-state index contributed by atoms with van der Waals surface area (Å²) in [4.78, 5) is 24.3. The number of nitrogens with one attached hydrogen (secondary N) is 1. The molecule has 1 aromatic rings. The summed E-state index contributed by atoms with van der Waals surface area (Å²) in [5, 5.41) is 2.94. The Morgan fingerprint density at radius 2 is 2.09 bits per heavy atom. The molecular formula is C18H26N2O3. The molecule has 2 atom stereocenters. The highest BCUT2D eigenvalue weighted by molar-refractivity contribution is 5.95. The summed E-state index contributed by atoms with van der Waals surface area (Å²) in [6, 6.07) is 3.12. The van der Waals surface area contributed by atoms with Gasteiger partial charge in [0.25, 0.3) is 5.56 Å². The van der Waals surface area contributed by atoms with E-state index in [9.17, 15) is 9.59 Å². The van der Waals surface area contributed by atoms with Crippen LogP contribution in [0.15, 0.2) is 34.8 Å². The van der Waals surface area contributed by atoms with Crippen molar-refractivity contribution in [2.24, 2.45) is 17.3 Å². The SMILES string of the molecule is COCCn1cc(NC(=O)[C@H]2[C@H](C=C(C)C)C2(C)C)ccc1=O. The number of allylic oxidation sites excluding steroid dienone is 2. The highest BCUT2D eigenvalue weighted by Crippen LogP contribution is 2.59. The van der Waals surface area contributed by atoms with Crippen molar-refractivity contribution in [3.05, 3.63) is 40.3 Å². The molecule has 0 aliphatic heterocycles. The monoisotopic (exact) mass is 318 g/mol. The van der Waals surface area contributed by atoms with Gasteiger partial charge in [0.2, 0.25) is 5.91 Å². The predicted molar refractivity (Wildman–Crippen MR) is 91.4 cm³/mol. The lowest BCUT2D eigenvalue weighted by molar-refractivity contribution is -0.118. The van der Waals surface area contributed by atoms with Crippen LogP contribution in [0.4, 0.5) is 5.69 Å². The first-order chi connectivity index (χ1) is 10.8. The molecule has 1 fully saturated rings. The second-order valence-corrected chi connectivity index (χ2v) is 7.00. The van der Waals surface area contributed by atoms with Gasteiger partial charge in [-0.05, 0) is 31.2 Å². The van der Waals surface area contributed by atoms with Crippen molar-refractivity contribution in [2.45, 2.75) is 34.2 Å². The van der Waals surface area contributed by atoms with Gasteiger partial charge in [-0.3, -0.25) is 9.59 Å². The van der Waals surface area contributed by atoms with E-state index in [1.165, 1.54) is 11.6 Å². The molecule has 5 heteroatoms. The van der Waals surface area contributed by atoms with Gasteiger partial charge in [-0.1, -0.05) is 25.5 Å². The number of pyridine rings is 1. The van der Waals surface area contributed by atoms with Gasteiger partial charge in [0.1, 0.15) is 0 Å². The Hall–Kier alpha value is -1.88. The number of aromatic nitrogens is 1. The summed E-state index contributed by atoms with van der Waals surface area (Å²) < 4.78 is 6.54. The van der Waals surface area contributed by atoms with Gasteiger partial charge < -0.3 is 14.6 Å². The molecule has 2 rings (SSSR count). The number of methoxy groups -OCH3 is 1. The Morgan fingerprint density at radius 3 is 2.70 bits per heavy atom. The molecule has 0 bridgehead atoms. The third-order valence-electron chi connectivity index (χ3n) is 4.49. The van der Waals surface area contributed by atoms with E-state index in [0.29, 0.717) is 18.8 Å². The van der Waals surface area contributed by atoms with Crippen LogP contribution >= 0.6 is 0 Å². The van der Waals surface area contributed by atoms with Gasteiger partial charge in [0.05, 0.1) is 18.2 Å². The molecular weight excluding hydrogens is 292 g/mol. The largest absolute Gasteiger partial charge is 0.383 e. The Kier molecular flexibility index (Phi) is 5.09. The first-order valence-corrected chi connectivity index (χ1v) is 7.92. The zero-order valence-electron chi connectivity index (χ0n) is 14.6. The molecule has 1 amide bonds. The van der Waals surface area contributed by atoms with Crippen molar-refractivity contribution < 1.29 is 9.53 Å². The van der Waals surface area contributed by atoms with Crippen LogP contribution in [0.2, 0.25) is 0 Å². The summed E-state index contributed by atoms with van der Waals surface area (Å²) in [6.07, 6.45) is 3.84.